The third-order valence-corrected chi connectivity index (χ3v) is 1.81. The van der Waals surface area contributed by atoms with E-state index in [1.165, 1.54) is 0 Å². The molecule has 0 aromatic carbocycles. The number of hydrogen-bond acceptors (Lipinski definition) is 3. The van der Waals surface area contributed by atoms with Crippen molar-refractivity contribution >= 4 is 11.0 Å². The molecule has 2 heterocycles. The zero-order valence-electron chi connectivity index (χ0n) is 7.07. The Hall–Kier alpha value is -1.45. The van der Waals surface area contributed by atoms with Gasteiger partial charge in [0.2, 0.25) is 0 Å². The standard InChI is InChI=1S/C8H10N4/c1-5(2)7-3-6-4-9-11-8(6)12-10-7/h3-5H,1-2H3,(H,9,11,12). The lowest BCUT2D eigenvalue weighted by molar-refractivity contribution is 0.793. The average molecular weight is 162 g/mol. The molecule has 0 aliphatic carbocycles. The third-order valence-electron chi connectivity index (χ3n) is 1.81. The molecule has 1 N–H and O–H groups in total. The van der Waals surface area contributed by atoms with E-state index < -0.39 is 0 Å². The van der Waals surface area contributed by atoms with Crippen LogP contribution < -0.4 is 0 Å². The Labute approximate surface area is 70.0 Å². The molecule has 2 aromatic heterocycles. The van der Waals surface area contributed by atoms with Gasteiger partial charge in [0.25, 0.3) is 0 Å². The van der Waals surface area contributed by atoms with Gasteiger partial charge in [0, 0.05) is 5.39 Å². The normalized spacial score (nSPS) is 11.2. The van der Waals surface area contributed by atoms with Gasteiger partial charge in [-0.1, -0.05) is 13.8 Å². The summed E-state index contributed by atoms with van der Waals surface area (Å²) in [6, 6.07) is 2.01. The van der Waals surface area contributed by atoms with Crippen LogP contribution >= 0.6 is 0 Å². The van der Waals surface area contributed by atoms with Crippen molar-refractivity contribution in [2.75, 3.05) is 0 Å². The van der Waals surface area contributed by atoms with Crippen molar-refractivity contribution in [2.24, 2.45) is 0 Å². The second-order valence-corrected chi connectivity index (χ2v) is 3.10. The fourth-order valence-electron chi connectivity index (χ4n) is 1.05. The molecule has 4 nitrogen and oxygen atoms in total. The van der Waals surface area contributed by atoms with Gasteiger partial charge in [0.1, 0.15) is 0 Å². The van der Waals surface area contributed by atoms with Crippen LogP contribution in [0.2, 0.25) is 0 Å². The summed E-state index contributed by atoms with van der Waals surface area (Å²) < 4.78 is 0. The lowest BCUT2D eigenvalue weighted by Gasteiger charge is -2.00. The van der Waals surface area contributed by atoms with Crippen LogP contribution in [0.5, 0.6) is 0 Å². The highest BCUT2D eigenvalue weighted by molar-refractivity contribution is 5.73. The molecule has 2 rings (SSSR count). The maximum Gasteiger partial charge on any atom is 0.177 e. The number of rotatable bonds is 1. The zero-order chi connectivity index (χ0) is 8.55. The van der Waals surface area contributed by atoms with Crippen molar-refractivity contribution in [2.45, 2.75) is 19.8 Å². The van der Waals surface area contributed by atoms with Crippen LogP contribution in [0.4, 0.5) is 0 Å². The Kier molecular flexibility index (Phi) is 1.53. The highest BCUT2D eigenvalue weighted by Gasteiger charge is 2.03. The Morgan fingerprint density at radius 2 is 2.17 bits per heavy atom. The molecule has 0 spiro atoms. The van der Waals surface area contributed by atoms with Gasteiger partial charge in [0.05, 0.1) is 11.9 Å². The van der Waals surface area contributed by atoms with E-state index in [-0.39, 0.29) is 0 Å². The first kappa shape index (κ1) is 7.21. The first-order chi connectivity index (χ1) is 5.77. The summed E-state index contributed by atoms with van der Waals surface area (Å²) in [4.78, 5) is 0. The highest BCUT2D eigenvalue weighted by Crippen LogP contribution is 2.14. The van der Waals surface area contributed by atoms with Crippen LogP contribution in [0.15, 0.2) is 12.3 Å². The summed E-state index contributed by atoms with van der Waals surface area (Å²) in [5.74, 6) is 0.414. The molecule has 4 heteroatoms. The summed E-state index contributed by atoms with van der Waals surface area (Å²) in [6.07, 6.45) is 1.76. The number of hydrogen-bond donors (Lipinski definition) is 1. The van der Waals surface area contributed by atoms with Gasteiger partial charge in [-0.15, -0.1) is 5.10 Å². The molecule has 0 amide bonds. The summed E-state index contributed by atoms with van der Waals surface area (Å²) >= 11 is 0. The Morgan fingerprint density at radius 3 is 2.92 bits per heavy atom. The van der Waals surface area contributed by atoms with Gasteiger partial charge in [-0.3, -0.25) is 5.10 Å². The van der Waals surface area contributed by atoms with Crippen LogP contribution in [-0.4, -0.2) is 20.4 Å². The molecule has 0 radical (unpaired) electrons. The van der Waals surface area contributed by atoms with E-state index in [1.54, 1.807) is 6.20 Å². The maximum atomic E-state index is 4.06. The van der Waals surface area contributed by atoms with Gasteiger partial charge in [-0.05, 0) is 12.0 Å². The van der Waals surface area contributed by atoms with E-state index >= 15 is 0 Å². The topological polar surface area (TPSA) is 54.5 Å². The molecule has 0 unspecified atom stereocenters. The Morgan fingerprint density at radius 1 is 1.33 bits per heavy atom. The number of aromatic nitrogens is 4. The van der Waals surface area contributed by atoms with E-state index in [9.17, 15) is 0 Å². The van der Waals surface area contributed by atoms with Gasteiger partial charge >= 0.3 is 0 Å². The van der Waals surface area contributed by atoms with Crippen LogP contribution in [0.25, 0.3) is 11.0 Å². The van der Waals surface area contributed by atoms with Crippen LogP contribution in [0.1, 0.15) is 25.5 Å². The quantitative estimate of drug-likeness (QED) is 0.690. The van der Waals surface area contributed by atoms with Crippen LogP contribution in [-0.2, 0) is 0 Å². The number of nitrogens with one attached hydrogen (secondary N) is 1. The van der Waals surface area contributed by atoms with Crippen molar-refractivity contribution in [1.29, 1.82) is 0 Å². The van der Waals surface area contributed by atoms with Gasteiger partial charge in [0.15, 0.2) is 5.65 Å². The smallest absolute Gasteiger partial charge is 0.177 e. The number of nitrogens with zero attached hydrogens (tertiary/aromatic N) is 3. The maximum absolute atomic E-state index is 4.06. The number of aromatic amines is 1. The largest absolute Gasteiger partial charge is 0.259 e. The molecule has 0 fully saturated rings. The molecular weight excluding hydrogens is 152 g/mol. The molecule has 0 aliphatic heterocycles. The van der Waals surface area contributed by atoms with Crippen LogP contribution in [0, 0.1) is 0 Å². The molecule has 0 bridgehead atoms. The van der Waals surface area contributed by atoms with E-state index in [2.05, 4.69) is 34.2 Å². The van der Waals surface area contributed by atoms with Crippen molar-refractivity contribution < 1.29 is 0 Å². The van der Waals surface area contributed by atoms with Gasteiger partial charge < -0.3 is 0 Å². The second-order valence-electron chi connectivity index (χ2n) is 3.10. The fraction of sp³-hybridized carbons (Fsp3) is 0.375. The van der Waals surface area contributed by atoms with E-state index in [0.29, 0.717) is 5.92 Å². The number of fused-ring (bicyclic) bond motifs is 1. The minimum absolute atomic E-state index is 0.414. The third kappa shape index (κ3) is 1.05. The molecule has 0 saturated carbocycles. The second kappa shape index (κ2) is 2.55. The van der Waals surface area contributed by atoms with E-state index in [1.807, 2.05) is 6.07 Å². The molecule has 0 aliphatic rings. The summed E-state index contributed by atoms with van der Waals surface area (Å²) in [7, 11) is 0. The SMILES string of the molecule is CC(C)c1cc2cn[nH]c2nn1. The average Bonchev–Trinajstić information content (AvgIpc) is 2.49. The summed E-state index contributed by atoms with van der Waals surface area (Å²) in [6.45, 7) is 4.19. The minimum Gasteiger partial charge on any atom is -0.259 e. The molecule has 2 aromatic rings. The molecular formula is C8H10N4. The molecule has 12 heavy (non-hydrogen) atoms. The first-order valence-corrected chi connectivity index (χ1v) is 3.94. The van der Waals surface area contributed by atoms with E-state index in [4.69, 9.17) is 0 Å². The lowest BCUT2D eigenvalue weighted by Crippen LogP contribution is -1.94. The monoisotopic (exact) mass is 162 g/mol. The number of H-pyrrole nitrogens is 1. The Balaban J connectivity index is 2.60. The van der Waals surface area contributed by atoms with Crippen molar-refractivity contribution in [3.05, 3.63) is 18.0 Å². The fourth-order valence-corrected chi connectivity index (χ4v) is 1.05. The molecule has 0 atom stereocenters. The summed E-state index contributed by atoms with van der Waals surface area (Å²) in [5.41, 5.74) is 1.75. The molecule has 62 valence electrons. The lowest BCUT2D eigenvalue weighted by atomic mass is 10.1. The minimum atomic E-state index is 0.414. The predicted octanol–water partition coefficient (Wildman–Crippen LogP) is 1.48. The summed E-state index contributed by atoms with van der Waals surface area (Å²) in [5, 5.41) is 15.7. The molecule has 0 saturated heterocycles. The Bertz CT molecular complexity index is 391. The predicted molar refractivity (Wildman–Crippen MR) is 45.8 cm³/mol. The van der Waals surface area contributed by atoms with Gasteiger partial charge in [-0.2, -0.15) is 10.2 Å². The first-order valence-electron chi connectivity index (χ1n) is 3.94. The highest BCUT2D eigenvalue weighted by atomic mass is 15.2. The van der Waals surface area contributed by atoms with Crippen LogP contribution in [0.3, 0.4) is 0 Å². The van der Waals surface area contributed by atoms with Crippen molar-refractivity contribution in [3.63, 3.8) is 0 Å². The van der Waals surface area contributed by atoms with E-state index in [0.717, 1.165) is 16.7 Å². The van der Waals surface area contributed by atoms with Crippen molar-refractivity contribution in [1.82, 2.24) is 20.4 Å². The van der Waals surface area contributed by atoms with Gasteiger partial charge in [-0.25, -0.2) is 0 Å². The van der Waals surface area contributed by atoms with Crippen molar-refractivity contribution in [3.8, 4) is 0 Å². The zero-order valence-corrected chi connectivity index (χ0v) is 7.07.